The van der Waals surface area contributed by atoms with Crippen molar-refractivity contribution in [3.63, 3.8) is 0 Å². The number of hydrogen-bond donors (Lipinski definition) is 1. The van der Waals surface area contributed by atoms with Gasteiger partial charge in [0.05, 0.1) is 0 Å². The molecular weight excluding hydrogens is 457 g/mol. The second-order valence-corrected chi connectivity index (χ2v) is 11.8. The molecule has 0 aliphatic carbocycles. The molecule has 0 spiro atoms. The van der Waals surface area contributed by atoms with Crippen LogP contribution in [0.25, 0.3) is 0 Å². The molecule has 0 unspecified atom stereocenters. The summed E-state index contributed by atoms with van der Waals surface area (Å²) >= 11 is 4.72. The summed E-state index contributed by atoms with van der Waals surface area (Å²) in [5.41, 5.74) is 0. The van der Waals surface area contributed by atoms with Crippen molar-refractivity contribution >= 4 is 49.2 Å². The van der Waals surface area contributed by atoms with E-state index in [0.717, 1.165) is 0 Å². The van der Waals surface area contributed by atoms with E-state index in [1.54, 1.807) is 0 Å². The average molecular weight is 459 g/mol. The Balaban J connectivity index is -0.00000171. The van der Waals surface area contributed by atoms with Gasteiger partial charge in [0.15, 0.2) is 6.11 Å². The largest absolute Gasteiger partial charge is 0.870 e. The van der Waals surface area contributed by atoms with E-state index in [0.29, 0.717) is 13.1 Å². The van der Waals surface area contributed by atoms with Crippen LogP contribution in [0.1, 0.15) is 0 Å². The van der Waals surface area contributed by atoms with Crippen LogP contribution in [0.15, 0.2) is 0 Å². The Morgan fingerprint density at radius 2 is 0.900 bits per heavy atom. The molecule has 30 heavy (non-hydrogen) atoms. The van der Waals surface area contributed by atoms with E-state index >= 15 is 0 Å². The first-order chi connectivity index (χ1) is 14.3. The summed E-state index contributed by atoms with van der Waals surface area (Å²) < 4.78 is 0. The molecule has 0 heterocycles. The third-order valence-electron chi connectivity index (χ3n) is 0.997. The molecule has 0 aromatic carbocycles. The van der Waals surface area contributed by atoms with Crippen LogP contribution in [0.4, 0.5) is 0 Å². The Hall–Kier alpha value is -1.10. The summed E-state index contributed by atoms with van der Waals surface area (Å²) in [6, 6.07) is 0. The van der Waals surface area contributed by atoms with Gasteiger partial charge in [0, 0.05) is 53.9 Å². The third-order valence-corrected chi connectivity index (χ3v) is 0.997. The van der Waals surface area contributed by atoms with Gasteiger partial charge in [-0.3, -0.25) is 5.92 Å². The van der Waals surface area contributed by atoms with Crippen LogP contribution in [0.5, 0.6) is 0 Å². The van der Waals surface area contributed by atoms with Gasteiger partial charge < -0.3 is 11.9 Å². The zero-order chi connectivity index (χ0) is 21.7. The Bertz CT molecular complexity index is 743. The first-order valence-electron chi connectivity index (χ1n) is 6.14. The monoisotopic (exact) mass is 458 g/mol. The van der Waals surface area contributed by atoms with Gasteiger partial charge in [-0.15, -0.1) is 5.92 Å². The van der Waals surface area contributed by atoms with E-state index in [1.165, 1.54) is 0 Å². The van der Waals surface area contributed by atoms with Crippen molar-refractivity contribution in [1.29, 1.82) is 0 Å². The van der Waals surface area contributed by atoms with Gasteiger partial charge in [0.1, 0.15) is 0 Å². The Morgan fingerprint density at radius 3 is 1.30 bits per heavy atom. The molecule has 18 heteroatoms. The molecule has 0 aromatic rings. The van der Waals surface area contributed by atoms with E-state index in [9.17, 15) is 0 Å². The molecule has 146 valence electrons. The maximum Gasteiger partial charge on any atom is -0.870 e. The maximum atomic E-state index is 7.55. The molecule has 2 N–H and O–H groups in total. The maximum absolute atomic E-state index is 7.55. The van der Waals surface area contributed by atoms with Crippen molar-refractivity contribution in [3.8, 4) is 65.3 Å². The molecule has 15 nitrogen and oxygen atoms in total. The summed E-state index contributed by atoms with van der Waals surface area (Å²) in [5.74, 6) is 22.3. The van der Waals surface area contributed by atoms with Crippen molar-refractivity contribution in [2.24, 2.45) is 0 Å². The van der Waals surface area contributed by atoms with Gasteiger partial charge in [-0.25, -0.2) is 16.1 Å². The molecule has 0 saturated heterocycles. The molecule has 0 radical (unpaired) electrons. The SMILES string of the molecule is [C-]#CC#CC#CC#CC#CC#COOOOOOOOOOOOOO.[Mg+][Mg][Mg+].[OH-]. The quantitative estimate of drug-likeness (QED) is 0.0840. The van der Waals surface area contributed by atoms with E-state index in [-0.39, 0.29) is 5.48 Å². The molecular formula is C12H2Mg3O15. The predicted molar refractivity (Wildman–Crippen MR) is 81.9 cm³/mol. The van der Waals surface area contributed by atoms with Gasteiger partial charge in [-0.05, 0) is 48.0 Å². The second kappa shape index (κ2) is 35.3. The van der Waals surface area contributed by atoms with E-state index < -0.39 is 0 Å². The van der Waals surface area contributed by atoms with Crippen LogP contribution in [0.2, 0.25) is 0 Å². The number of hydrogen-bond acceptors (Lipinski definition) is 15. The molecule has 0 fully saturated rings. The van der Waals surface area contributed by atoms with Gasteiger partial charge in [0.25, 0.3) is 0 Å². The van der Waals surface area contributed by atoms with Crippen molar-refractivity contribution in [3.05, 3.63) is 6.42 Å². The molecule has 0 rings (SSSR count). The standard InChI is InChI=1S/C12HO14.3Mg.H2O/c1-2-3-4-5-6-7-8-9-10-11-12-14-16-18-20-22-24-26-25-23-21-19-17-15-13;;;;/h13H;;;;1H2/q-1;;2*+1;/p-1. The predicted octanol–water partition coefficient (Wildman–Crippen LogP) is -2.10. The van der Waals surface area contributed by atoms with Gasteiger partial charge >= 0.3 is 49.2 Å². The summed E-state index contributed by atoms with van der Waals surface area (Å²) in [6.45, 7) is 0. The van der Waals surface area contributed by atoms with Crippen LogP contribution in [0.3, 0.4) is 0 Å². The fraction of sp³-hybridized carbons (Fsp3) is 0. The summed E-state index contributed by atoms with van der Waals surface area (Å²) in [7, 11) is 0. The van der Waals surface area contributed by atoms with Gasteiger partial charge in [-0.2, -0.15) is 0 Å². The van der Waals surface area contributed by atoms with Crippen LogP contribution in [-0.2, 0) is 65.3 Å². The number of rotatable bonds is 12. The minimum atomic E-state index is 0. The van der Waals surface area contributed by atoms with Crippen LogP contribution >= 0.6 is 0 Å². The van der Waals surface area contributed by atoms with Crippen LogP contribution < -0.4 is 0 Å². The molecule has 0 bridgehead atoms. The van der Waals surface area contributed by atoms with Crippen LogP contribution in [0, 0.1) is 71.7 Å². The molecule has 0 aliphatic rings. The van der Waals surface area contributed by atoms with E-state index in [1.807, 2.05) is 12.0 Å². The molecule has 0 saturated carbocycles. The molecule has 0 aliphatic heterocycles. The fourth-order valence-corrected chi connectivity index (χ4v) is 0.442. The van der Waals surface area contributed by atoms with Crippen molar-refractivity contribution in [1.82, 2.24) is 0 Å². The Labute approximate surface area is 195 Å². The Kier molecular flexibility index (Phi) is 39.5. The van der Waals surface area contributed by atoms with Gasteiger partial charge in [0.2, 0.25) is 0 Å². The third kappa shape index (κ3) is 37.6. The molecule has 0 aromatic heterocycles. The van der Waals surface area contributed by atoms with E-state index in [4.69, 9.17) is 11.7 Å². The topological polar surface area (TPSA) is 170 Å². The zero-order valence-electron chi connectivity index (χ0n) is 14.3. The fourth-order valence-electron chi connectivity index (χ4n) is 0.442. The summed E-state index contributed by atoms with van der Waals surface area (Å²) in [6.07, 6.45) is 8.36. The summed E-state index contributed by atoms with van der Waals surface area (Å²) in [4.78, 5) is 4.04. The summed E-state index contributed by atoms with van der Waals surface area (Å²) in [5, 5.41) is 49.3. The average Bonchev–Trinajstić information content (AvgIpc) is 2.72. The smallest absolute Gasteiger partial charge is 0.870 e. The van der Waals surface area contributed by atoms with Crippen molar-refractivity contribution in [2.75, 3.05) is 0 Å². The van der Waals surface area contributed by atoms with Gasteiger partial charge in [-0.1, -0.05) is 0 Å². The van der Waals surface area contributed by atoms with Crippen molar-refractivity contribution in [2.45, 2.75) is 0 Å². The Morgan fingerprint density at radius 1 is 0.567 bits per heavy atom. The minimum Gasteiger partial charge on any atom is -0.870 e. The van der Waals surface area contributed by atoms with Crippen LogP contribution in [-0.4, -0.2) is 59.9 Å². The van der Waals surface area contributed by atoms with Crippen molar-refractivity contribution < 1.29 is 76.1 Å². The van der Waals surface area contributed by atoms with E-state index in [2.05, 4.69) is 155 Å². The minimum absolute atomic E-state index is 0. The normalized spacial score (nSPS) is 7.07. The zero-order valence-corrected chi connectivity index (χ0v) is 18.6. The second-order valence-electron chi connectivity index (χ2n) is 2.61. The first-order valence-corrected chi connectivity index (χ1v) is 14.1. The molecule has 0 atom stereocenters. The first kappa shape index (κ1) is 33.5. The molecule has 0 amide bonds.